The highest BCUT2D eigenvalue weighted by molar-refractivity contribution is 7.80. The number of rotatable bonds is 14. The Kier molecular flexibility index (Phi) is 11.9. The Balaban J connectivity index is 2.93. The summed E-state index contributed by atoms with van der Waals surface area (Å²) < 4.78 is 0. The van der Waals surface area contributed by atoms with Crippen LogP contribution in [-0.4, -0.2) is 76.3 Å². The fourth-order valence-corrected chi connectivity index (χ4v) is 2.96. The van der Waals surface area contributed by atoms with Crippen LogP contribution in [0.2, 0.25) is 0 Å². The van der Waals surface area contributed by atoms with Gasteiger partial charge in [-0.2, -0.15) is 12.6 Å². The molecule has 1 aromatic rings. The smallest absolute Gasteiger partial charge is 0.326 e. The summed E-state index contributed by atoms with van der Waals surface area (Å²) in [6.45, 7) is -0.644. The van der Waals surface area contributed by atoms with Crippen molar-refractivity contribution in [2.24, 2.45) is 11.5 Å². The zero-order valence-corrected chi connectivity index (χ0v) is 18.7. The Labute approximate surface area is 195 Å². The molecule has 182 valence electrons. The molecule has 0 aliphatic heterocycles. The molecular weight excluding hydrogens is 454 g/mol. The van der Waals surface area contributed by atoms with Crippen molar-refractivity contribution in [1.29, 1.82) is 0 Å². The molecule has 4 amide bonds. The van der Waals surface area contributed by atoms with E-state index in [-0.39, 0.29) is 25.0 Å². The lowest BCUT2D eigenvalue weighted by molar-refractivity contribution is -0.142. The molecule has 33 heavy (non-hydrogen) atoms. The number of carboxylic acids is 1. The highest BCUT2D eigenvalue weighted by atomic mass is 32.1. The van der Waals surface area contributed by atoms with Gasteiger partial charge in [0.15, 0.2) is 0 Å². The Morgan fingerprint density at radius 2 is 1.45 bits per heavy atom. The maximum Gasteiger partial charge on any atom is 0.326 e. The van der Waals surface area contributed by atoms with Crippen LogP contribution in [-0.2, 0) is 30.4 Å². The molecule has 0 fully saturated rings. The number of amides is 4. The number of carbonyl (C=O) groups is 5. The molecule has 13 heteroatoms. The van der Waals surface area contributed by atoms with Crippen LogP contribution in [0.3, 0.4) is 0 Å². The standard InChI is InChI=1S/C20H29N5O7S/c21-12(9-26)17(28)25-15(10-33)19(30)23-13(6-7-16(22)27)18(29)24-14(20(31)32)8-11-4-2-1-3-5-11/h1-5,12-15,26,33H,6-10,21H2,(H2,22,27)(H,23,30)(H,24,29)(H,25,28)(H,31,32). The number of aliphatic carboxylic acids is 1. The number of nitrogens with one attached hydrogen (secondary N) is 3. The third-order valence-corrected chi connectivity index (χ3v) is 4.92. The van der Waals surface area contributed by atoms with Gasteiger partial charge >= 0.3 is 5.97 Å². The van der Waals surface area contributed by atoms with Crippen molar-refractivity contribution in [3.05, 3.63) is 35.9 Å². The van der Waals surface area contributed by atoms with Crippen LogP contribution in [0.1, 0.15) is 18.4 Å². The van der Waals surface area contributed by atoms with Gasteiger partial charge < -0.3 is 37.6 Å². The second-order valence-electron chi connectivity index (χ2n) is 7.19. The largest absolute Gasteiger partial charge is 0.480 e. The van der Waals surface area contributed by atoms with Crippen molar-refractivity contribution in [2.45, 2.75) is 43.4 Å². The fraction of sp³-hybridized carbons (Fsp3) is 0.450. The molecule has 0 heterocycles. The predicted molar refractivity (Wildman–Crippen MR) is 121 cm³/mol. The normalized spacial score (nSPS) is 14.3. The monoisotopic (exact) mass is 483 g/mol. The maximum atomic E-state index is 12.8. The minimum atomic E-state index is -1.31. The molecule has 9 N–H and O–H groups in total. The zero-order chi connectivity index (χ0) is 25.0. The average molecular weight is 484 g/mol. The molecule has 4 atom stereocenters. The van der Waals surface area contributed by atoms with Crippen molar-refractivity contribution < 1.29 is 34.2 Å². The Morgan fingerprint density at radius 1 is 0.909 bits per heavy atom. The van der Waals surface area contributed by atoms with Crippen LogP contribution in [0.4, 0.5) is 0 Å². The highest BCUT2D eigenvalue weighted by Crippen LogP contribution is 2.06. The summed E-state index contributed by atoms with van der Waals surface area (Å²) in [4.78, 5) is 60.1. The summed E-state index contributed by atoms with van der Waals surface area (Å²) in [5.74, 6) is -4.64. The number of hydrogen-bond acceptors (Lipinski definition) is 8. The number of nitrogens with two attached hydrogens (primary N) is 2. The number of primary amides is 1. The minimum Gasteiger partial charge on any atom is -0.480 e. The van der Waals surface area contributed by atoms with Crippen LogP contribution in [0.25, 0.3) is 0 Å². The van der Waals surface area contributed by atoms with Gasteiger partial charge in [0.1, 0.15) is 24.2 Å². The highest BCUT2D eigenvalue weighted by Gasteiger charge is 2.30. The van der Waals surface area contributed by atoms with Crippen molar-refractivity contribution in [3.8, 4) is 0 Å². The molecule has 0 saturated carbocycles. The van der Waals surface area contributed by atoms with Crippen molar-refractivity contribution in [1.82, 2.24) is 16.0 Å². The molecule has 1 rings (SSSR count). The topological polar surface area (TPSA) is 214 Å². The number of benzene rings is 1. The lowest BCUT2D eigenvalue weighted by Gasteiger charge is -2.24. The maximum absolute atomic E-state index is 12.8. The summed E-state index contributed by atoms with van der Waals surface area (Å²) in [6.07, 6.45) is -0.469. The van der Waals surface area contributed by atoms with E-state index in [2.05, 4.69) is 28.6 Å². The molecular formula is C20H29N5O7S. The van der Waals surface area contributed by atoms with Crippen molar-refractivity contribution >= 4 is 42.2 Å². The van der Waals surface area contributed by atoms with Gasteiger partial charge in [0.25, 0.3) is 0 Å². The molecule has 0 aliphatic rings. The van der Waals surface area contributed by atoms with E-state index in [1.165, 1.54) is 0 Å². The second-order valence-corrected chi connectivity index (χ2v) is 7.55. The lowest BCUT2D eigenvalue weighted by atomic mass is 10.0. The molecule has 12 nitrogen and oxygen atoms in total. The minimum absolute atomic E-state index is 0.00717. The number of thiol groups is 1. The summed E-state index contributed by atoms with van der Waals surface area (Å²) in [6, 6.07) is 3.53. The lowest BCUT2D eigenvalue weighted by Crippen LogP contribution is -2.58. The van der Waals surface area contributed by atoms with Crippen LogP contribution >= 0.6 is 12.6 Å². The molecule has 1 aromatic carbocycles. The van der Waals surface area contributed by atoms with E-state index in [1.54, 1.807) is 30.3 Å². The first-order valence-electron chi connectivity index (χ1n) is 10.0. The number of hydrogen-bond donors (Lipinski definition) is 8. The Hall–Kier alpha value is -3.16. The van der Waals surface area contributed by atoms with E-state index < -0.39 is 60.4 Å². The Bertz CT molecular complexity index is 839. The van der Waals surface area contributed by atoms with Gasteiger partial charge in [-0.25, -0.2) is 4.79 Å². The van der Waals surface area contributed by atoms with Crippen LogP contribution in [0, 0.1) is 0 Å². The first kappa shape index (κ1) is 27.9. The molecule has 0 aliphatic carbocycles. The van der Waals surface area contributed by atoms with E-state index in [0.717, 1.165) is 0 Å². The molecule has 4 unspecified atom stereocenters. The summed E-state index contributed by atoms with van der Waals surface area (Å²) in [7, 11) is 0. The van der Waals surface area contributed by atoms with Crippen molar-refractivity contribution in [2.75, 3.05) is 12.4 Å². The number of aliphatic hydroxyl groups is 1. The summed E-state index contributed by atoms with van der Waals surface area (Å²) in [5.41, 5.74) is 11.2. The summed E-state index contributed by atoms with van der Waals surface area (Å²) in [5, 5.41) is 25.5. The van der Waals surface area contributed by atoms with Gasteiger partial charge in [0, 0.05) is 18.6 Å². The molecule has 0 bridgehead atoms. The molecule has 0 saturated heterocycles. The van der Waals surface area contributed by atoms with Gasteiger partial charge in [-0.05, 0) is 12.0 Å². The number of carbonyl (C=O) groups excluding carboxylic acids is 4. The molecule has 0 aromatic heterocycles. The number of aliphatic hydroxyl groups excluding tert-OH is 1. The number of carboxylic acid groups (broad SMARTS) is 1. The second kappa shape index (κ2) is 14.1. The van der Waals surface area contributed by atoms with E-state index >= 15 is 0 Å². The first-order valence-corrected chi connectivity index (χ1v) is 10.7. The van der Waals surface area contributed by atoms with Crippen LogP contribution in [0.5, 0.6) is 0 Å². The SMILES string of the molecule is NC(=O)CCC(NC(=O)C(CS)NC(=O)C(N)CO)C(=O)NC(Cc1ccccc1)C(=O)O. The van der Waals surface area contributed by atoms with E-state index in [4.69, 9.17) is 16.6 Å². The Morgan fingerprint density at radius 3 is 1.97 bits per heavy atom. The van der Waals surface area contributed by atoms with Crippen LogP contribution < -0.4 is 27.4 Å². The van der Waals surface area contributed by atoms with Crippen molar-refractivity contribution in [3.63, 3.8) is 0 Å². The van der Waals surface area contributed by atoms with Gasteiger partial charge in [0.2, 0.25) is 23.6 Å². The predicted octanol–water partition coefficient (Wildman–Crippen LogP) is -2.72. The van der Waals surface area contributed by atoms with Gasteiger partial charge in [0.05, 0.1) is 6.61 Å². The molecule has 0 spiro atoms. The third kappa shape index (κ3) is 9.89. The van der Waals surface area contributed by atoms with Gasteiger partial charge in [-0.15, -0.1) is 0 Å². The third-order valence-electron chi connectivity index (χ3n) is 4.56. The van der Waals surface area contributed by atoms with Gasteiger partial charge in [-0.1, -0.05) is 30.3 Å². The first-order chi connectivity index (χ1) is 15.6. The molecule has 0 radical (unpaired) electrons. The van der Waals surface area contributed by atoms with E-state index in [0.29, 0.717) is 5.56 Å². The summed E-state index contributed by atoms with van der Waals surface area (Å²) >= 11 is 3.99. The van der Waals surface area contributed by atoms with Gasteiger partial charge in [-0.3, -0.25) is 19.2 Å². The fourth-order valence-electron chi connectivity index (χ4n) is 2.71. The van der Waals surface area contributed by atoms with E-state index in [1.807, 2.05) is 0 Å². The van der Waals surface area contributed by atoms with Crippen LogP contribution in [0.15, 0.2) is 30.3 Å². The zero-order valence-electron chi connectivity index (χ0n) is 17.8. The quantitative estimate of drug-likeness (QED) is 0.130. The average Bonchev–Trinajstić information content (AvgIpc) is 2.78. The van der Waals surface area contributed by atoms with E-state index in [9.17, 15) is 29.1 Å².